The summed E-state index contributed by atoms with van der Waals surface area (Å²) in [5.74, 6) is 0.217. The van der Waals surface area contributed by atoms with Crippen molar-refractivity contribution in [3.8, 4) is 5.75 Å². The van der Waals surface area contributed by atoms with Gasteiger partial charge in [-0.05, 0) is 18.6 Å². The molecule has 0 radical (unpaired) electrons. The molecule has 2 aromatic rings. The van der Waals surface area contributed by atoms with E-state index < -0.39 is 10.0 Å². The summed E-state index contributed by atoms with van der Waals surface area (Å²) >= 11 is 0. The number of fused-ring (bicyclic) bond motifs is 1. The van der Waals surface area contributed by atoms with Crippen LogP contribution in [0.25, 0.3) is 11.0 Å². The molecule has 0 unspecified atom stereocenters. The van der Waals surface area contributed by atoms with Crippen LogP contribution in [-0.2, 0) is 10.0 Å². The molecular weight excluding hydrogens is 266 g/mol. The van der Waals surface area contributed by atoms with E-state index in [1.165, 1.54) is 0 Å². The summed E-state index contributed by atoms with van der Waals surface area (Å²) in [5, 5.41) is 5.48. The fraction of sp³-hybridized carbons (Fsp3) is 0.385. The van der Waals surface area contributed by atoms with Crippen molar-refractivity contribution < 1.29 is 17.6 Å². The monoisotopic (exact) mass is 283 g/mol. The predicted octanol–water partition coefficient (Wildman–Crippen LogP) is 2.65. The van der Waals surface area contributed by atoms with Crippen LogP contribution in [-0.4, -0.2) is 15.0 Å². The molecule has 2 rings (SSSR count). The summed E-state index contributed by atoms with van der Waals surface area (Å²) in [7, 11) is -3.93. The maximum atomic E-state index is 11.5. The molecule has 5 nitrogen and oxygen atoms in total. The van der Waals surface area contributed by atoms with Gasteiger partial charge in [-0.3, -0.25) is 0 Å². The molecule has 2 N–H and O–H groups in total. The maximum absolute atomic E-state index is 11.5. The first-order valence-electron chi connectivity index (χ1n) is 6.21. The molecule has 0 aliphatic rings. The second-order valence-corrected chi connectivity index (χ2v) is 5.78. The summed E-state index contributed by atoms with van der Waals surface area (Å²) in [6.07, 6.45) is 2.96. The summed E-state index contributed by atoms with van der Waals surface area (Å²) in [5.41, 5.74) is 0.456. The van der Waals surface area contributed by atoms with E-state index in [-0.39, 0.29) is 10.8 Å². The number of hydrogen-bond acceptors (Lipinski definition) is 4. The minimum atomic E-state index is -3.93. The van der Waals surface area contributed by atoms with Crippen molar-refractivity contribution in [2.24, 2.45) is 5.14 Å². The van der Waals surface area contributed by atoms with E-state index in [1.54, 1.807) is 24.3 Å². The zero-order chi connectivity index (χ0) is 13.9. The van der Waals surface area contributed by atoms with Crippen molar-refractivity contribution in [1.82, 2.24) is 0 Å². The fourth-order valence-corrected chi connectivity index (χ4v) is 2.48. The number of ether oxygens (including phenoxy) is 1. The molecule has 0 amide bonds. The molecular formula is C13H17NO4S. The highest BCUT2D eigenvalue weighted by atomic mass is 32.2. The summed E-state index contributed by atoms with van der Waals surface area (Å²) < 4.78 is 33.9. The highest BCUT2D eigenvalue weighted by Gasteiger charge is 2.24. The quantitative estimate of drug-likeness (QED) is 0.826. The van der Waals surface area contributed by atoms with Crippen molar-refractivity contribution >= 4 is 21.0 Å². The van der Waals surface area contributed by atoms with Crippen molar-refractivity contribution in [2.75, 3.05) is 6.61 Å². The smallest absolute Gasteiger partial charge is 0.276 e. The van der Waals surface area contributed by atoms with E-state index in [0.29, 0.717) is 17.6 Å². The van der Waals surface area contributed by atoms with E-state index >= 15 is 0 Å². The molecule has 6 heteroatoms. The molecule has 0 aliphatic carbocycles. The number of furan rings is 1. The van der Waals surface area contributed by atoms with Gasteiger partial charge in [-0.1, -0.05) is 31.9 Å². The van der Waals surface area contributed by atoms with Crippen LogP contribution in [0, 0.1) is 0 Å². The first-order valence-corrected chi connectivity index (χ1v) is 7.75. The van der Waals surface area contributed by atoms with E-state index in [1.807, 2.05) is 0 Å². The average molecular weight is 283 g/mol. The molecule has 0 spiro atoms. The van der Waals surface area contributed by atoms with Crippen molar-refractivity contribution in [2.45, 2.75) is 31.3 Å². The number of primary sulfonamides is 1. The second-order valence-electron chi connectivity index (χ2n) is 4.32. The van der Waals surface area contributed by atoms with Gasteiger partial charge in [-0.15, -0.1) is 0 Å². The number of benzene rings is 1. The molecule has 0 atom stereocenters. The Morgan fingerprint density at radius 1 is 1.26 bits per heavy atom. The lowest BCUT2D eigenvalue weighted by molar-refractivity contribution is 0.288. The van der Waals surface area contributed by atoms with Gasteiger partial charge in [-0.25, -0.2) is 13.6 Å². The minimum absolute atomic E-state index is 0.217. The molecule has 104 valence electrons. The Morgan fingerprint density at radius 3 is 2.68 bits per heavy atom. The SMILES string of the molecule is CCCCCOc1c(S(N)(=O)=O)oc2ccccc12. The Kier molecular flexibility index (Phi) is 4.11. The van der Waals surface area contributed by atoms with E-state index in [4.69, 9.17) is 14.3 Å². The number of unbranched alkanes of at least 4 members (excludes halogenated alkanes) is 2. The Morgan fingerprint density at radius 2 is 2.00 bits per heavy atom. The maximum Gasteiger partial charge on any atom is 0.276 e. The van der Waals surface area contributed by atoms with Crippen LogP contribution in [0.4, 0.5) is 0 Å². The third-order valence-corrected chi connectivity index (χ3v) is 3.56. The molecule has 0 bridgehead atoms. The van der Waals surface area contributed by atoms with Gasteiger partial charge < -0.3 is 9.15 Å². The van der Waals surface area contributed by atoms with Crippen LogP contribution in [0.1, 0.15) is 26.2 Å². The van der Waals surface area contributed by atoms with Gasteiger partial charge >= 0.3 is 0 Å². The van der Waals surface area contributed by atoms with Crippen LogP contribution in [0.5, 0.6) is 5.75 Å². The zero-order valence-electron chi connectivity index (χ0n) is 10.8. The Bertz CT molecular complexity index is 660. The number of rotatable bonds is 6. The molecule has 1 aromatic carbocycles. The average Bonchev–Trinajstić information content (AvgIpc) is 2.74. The van der Waals surface area contributed by atoms with E-state index in [2.05, 4.69) is 6.92 Å². The van der Waals surface area contributed by atoms with Gasteiger partial charge in [0.2, 0.25) is 0 Å². The fourth-order valence-electron chi connectivity index (χ4n) is 1.85. The molecule has 0 saturated carbocycles. The van der Waals surface area contributed by atoms with Crippen LogP contribution >= 0.6 is 0 Å². The van der Waals surface area contributed by atoms with Crippen molar-refractivity contribution in [3.63, 3.8) is 0 Å². The van der Waals surface area contributed by atoms with Gasteiger partial charge in [0.1, 0.15) is 5.58 Å². The van der Waals surface area contributed by atoms with Crippen molar-refractivity contribution in [1.29, 1.82) is 0 Å². The van der Waals surface area contributed by atoms with Crippen LogP contribution in [0.2, 0.25) is 0 Å². The summed E-state index contributed by atoms with van der Waals surface area (Å²) in [6.45, 7) is 2.53. The molecule has 0 aliphatic heterocycles. The predicted molar refractivity (Wildman–Crippen MR) is 72.6 cm³/mol. The lowest BCUT2D eigenvalue weighted by atomic mass is 10.2. The Hall–Kier alpha value is -1.53. The van der Waals surface area contributed by atoms with Gasteiger partial charge in [0.25, 0.3) is 15.1 Å². The molecule has 0 saturated heterocycles. The largest absolute Gasteiger partial charge is 0.488 e. The van der Waals surface area contributed by atoms with Crippen LogP contribution in [0.3, 0.4) is 0 Å². The number of para-hydroxylation sites is 1. The van der Waals surface area contributed by atoms with Crippen LogP contribution < -0.4 is 9.88 Å². The van der Waals surface area contributed by atoms with Gasteiger partial charge in [0.15, 0.2) is 5.75 Å². The first kappa shape index (κ1) is 13.9. The van der Waals surface area contributed by atoms with E-state index in [9.17, 15) is 8.42 Å². The highest BCUT2D eigenvalue weighted by molar-refractivity contribution is 7.89. The molecule has 0 fully saturated rings. The lowest BCUT2D eigenvalue weighted by Gasteiger charge is -2.05. The molecule has 1 heterocycles. The number of hydrogen-bond donors (Lipinski definition) is 1. The second kappa shape index (κ2) is 5.63. The lowest BCUT2D eigenvalue weighted by Crippen LogP contribution is -2.13. The van der Waals surface area contributed by atoms with Gasteiger partial charge in [0.05, 0.1) is 12.0 Å². The van der Waals surface area contributed by atoms with E-state index in [0.717, 1.165) is 19.3 Å². The number of nitrogens with two attached hydrogens (primary N) is 1. The third kappa shape index (κ3) is 3.08. The summed E-state index contributed by atoms with van der Waals surface area (Å²) in [6, 6.07) is 6.99. The molecule has 1 aromatic heterocycles. The minimum Gasteiger partial charge on any atom is -0.488 e. The standard InChI is InChI=1S/C13H17NO4S/c1-2-3-6-9-17-12-10-7-4-5-8-11(10)18-13(12)19(14,15)16/h4-5,7-8H,2-3,6,9H2,1H3,(H2,14,15,16). The first-order chi connectivity index (χ1) is 9.04. The topological polar surface area (TPSA) is 82.5 Å². The zero-order valence-corrected chi connectivity index (χ0v) is 11.6. The summed E-state index contributed by atoms with van der Waals surface area (Å²) in [4.78, 5) is 0. The third-order valence-electron chi connectivity index (χ3n) is 2.77. The normalized spacial score (nSPS) is 11.9. The van der Waals surface area contributed by atoms with Gasteiger partial charge in [0, 0.05) is 0 Å². The van der Waals surface area contributed by atoms with Crippen LogP contribution in [0.15, 0.2) is 33.8 Å². The van der Waals surface area contributed by atoms with Gasteiger partial charge in [-0.2, -0.15) is 0 Å². The number of sulfonamides is 1. The highest BCUT2D eigenvalue weighted by Crippen LogP contribution is 2.35. The Balaban J connectivity index is 2.38. The Labute approximate surface area is 112 Å². The molecule has 19 heavy (non-hydrogen) atoms. The van der Waals surface area contributed by atoms with Crippen molar-refractivity contribution in [3.05, 3.63) is 24.3 Å².